The van der Waals surface area contributed by atoms with Crippen LogP contribution in [0.5, 0.6) is 0 Å². The summed E-state index contributed by atoms with van der Waals surface area (Å²) in [6, 6.07) is 0.454. The lowest BCUT2D eigenvalue weighted by Gasteiger charge is -2.35. The van der Waals surface area contributed by atoms with Crippen LogP contribution >= 0.6 is 24.0 Å². The summed E-state index contributed by atoms with van der Waals surface area (Å²) in [7, 11) is 0. The standard InChI is InChI=1S/C19H39N5O.HI/c1-6-20-19(21-12-11-18(25)23(7-2)8-3)22-14-17(5)24-13-9-10-16(4)15-24;/h16-17H,6-15H2,1-5H3,(H2,20,21,22);1H. The van der Waals surface area contributed by atoms with Gasteiger partial charge in [-0.2, -0.15) is 0 Å². The quantitative estimate of drug-likeness (QED) is 0.302. The molecule has 1 rings (SSSR count). The summed E-state index contributed by atoms with van der Waals surface area (Å²) in [6.45, 7) is 16.8. The van der Waals surface area contributed by atoms with Crippen LogP contribution in [-0.4, -0.2) is 73.5 Å². The van der Waals surface area contributed by atoms with E-state index in [-0.39, 0.29) is 29.9 Å². The molecule has 0 aromatic heterocycles. The van der Waals surface area contributed by atoms with Crippen LogP contribution in [0.3, 0.4) is 0 Å². The Labute approximate surface area is 177 Å². The number of piperidine rings is 1. The molecule has 1 amide bonds. The Balaban J connectivity index is 0.00000625. The van der Waals surface area contributed by atoms with E-state index in [1.54, 1.807) is 0 Å². The molecule has 26 heavy (non-hydrogen) atoms. The molecular formula is C19H40IN5O. The van der Waals surface area contributed by atoms with Crippen LogP contribution in [0.2, 0.25) is 0 Å². The van der Waals surface area contributed by atoms with E-state index in [0.29, 0.717) is 19.0 Å². The number of hydrogen-bond acceptors (Lipinski definition) is 3. The van der Waals surface area contributed by atoms with Crippen molar-refractivity contribution in [3.63, 3.8) is 0 Å². The van der Waals surface area contributed by atoms with E-state index < -0.39 is 0 Å². The number of carbonyl (C=O) groups excluding carboxylic acids is 1. The first-order valence-corrected chi connectivity index (χ1v) is 10.1. The summed E-state index contributed by atoms with van der Waals surface area (Å²) < 4.78 is 0. The van der Waals surface area contributed by atoms with Gasteiger partial charge >= 0.3 is 0 Å². The molecule has 6 nitrogen and oxygen atoms in total. The number of nitrogens with zero attached hydrogens (tertiary/aromatic N) is 3. The van der Waals surface area contributed by atoms with Crippen LogP contribution < -0.4 is 10.6 Å². The van der Waals surface area contributed by atoms with Gasteiger partial charge in [-0.25, -0.2) is 0 Å². The van der Waals surface area contributed by atoms with E-state index in [1.165, 1.54) is 25.9 Å². The highest BCUT2D eigenvalue weighted by molar-refractivity contribution is 14.0. The fourth-order valence-corrected chi connectivity index (χ4v) is 3.33. The molecule has 2 unspecified atom stereocenters. The molecule has 2 N–H and O–H groups in total. The largest absolute Gasteiger partial charge is 0.357 e. The minimum atomic E-state index is 0. The smallest absolute Gasteiger partial charge is 0.224 e. The van der Waals surface area contributed by atoms with Crippen molar-refractivity contribution >= 4 is 35.8 Å². The molecule has 1 aliphatic heterocycles. The van der Waals surface area contributed by atoms with Crippen molar-refractivity contribution in [2.75, 3.05) is 45.8 Å². The highest BCUT2D eigenvalue weighted by Gasteiger charge is 2.20. The maximum Gasteiger partial charge on any atom is 0.224 e. The SMILES string of the molecule is CCNC(=NCC(C)N1CCCC(C)C1)NCCC(=O)N(CC)CC.I. The van der Waals surface area contributed by atoms with Crippen molar-refractivity contribution in [1.29, 1.82) is 0 Å². The predicted octanol–water partition coefficient (Wildman–Crippen LogP) is 2.54. The van der Waals surface area contributed by atoms with E-state index in [1.807, 2.05) is 18.7 Å². The maximum atomic E-state index is 12.1. The van der Waals surface area contributed by atoms with Crippen molar-refractivity contribution < 1.29 is 4.79 Å². The normalized spacial score (nSPS) is 19.4. The van der Waals surface area contributed by atoms with Crippen LogP contribution in [0.1, 0.15) is 53.9 Å². The lowest BCUT2D eigenvalue weighted by Crippen LogP contribution is -2.44. The number of carbonyl (C=O) groups is 1. The zero-order valence-corrected chi connectivity index (χ0v) is 19.7. The molecule has 1 heterocycles. The lowest BCUT2D eigenvalue weighted by atomic mass is 9.99. The third-order valence-corrected chi connectivity index (χ3v) is 4.92. The Hall–Kier alpha value is -0.570. The number of aliphatic imine (C=N–C) groups is 1. The Morgan fingerprint density at radius 3 is 2.54 bits per heavy atom. The van der Waals surface area contributed by atoms with Crippen molar-refractivity contribution in [1.82, 2.24) is 20.4 Å². The third kappa shape index (κ3) is 9.39. The average Bonchev–Trinajstić information content (AvgIpc) is 2.60. The number of nitrogens with one attached hydrogen (secondary N) is 2. The number of rotatable bonds is 9. The van der Waals surface area contributed by atoms with Crippen LogP contribution in [-0.2, 0) is 4.79 Å². The molecule has 2 atom stereocenters. The Kier molecular flexibility index (Phi) is 14.2. The molecule has 0 aromatic carbocycles. The molecule has 0 radical (unpaired) electrons. The van der Waals surface area contributed by atoms with Gasteiger partial charge in [-0.1, -0.05) is 6.92 Å². The van der Waals surface area contributed by atoms with E-state index in [4.69, 9.17) is 4.99 Å². The van der Waals surface area contributed by atoms with Gasteiger partial charge in [0.15, 0.2) is 5.96 Å². The molecular weight excluding hydrogens is 441 g/mol. The van der Waals surface area contributed by atoms with Crippen LogP contribution in [0.15, 0.2) is 4.99 Å². The number of amides is 1. The second kappa shape index (κ2) is 14.5. The van der Waals surface area contributed by atoms with Gasteiger partial charge < -0.3 is 15.5 Å². The summed E-state index contributed by atoms with van der Waals surface area (Å²) in [4.78, 5) is 21.2. The summed E-state index contributed by atoms with van der Waals surface area (Å²) in [5, 5.41) is 6.57. The van der Waals surface area contributed by atoms with Gasteiger partial charge in [-0.05, 0) is 53.0 Å². The second-order valence-corrected chi connectivity index (χ2v) is 7.05. The van der Waals surface area contributed by atoms with Crippen LogP contribution in [0, 0.1) is 5.92 Å². The van der Waals surface area contributed by atoms with Gasteiger partial charge in [-0.3, -0.25) is 14.7 Å². The van der Waals surface area contributed by atoms with E-state index >= 15 is 0 Å². The fourth-order valence-electron chi connectivity index (χ4n) is 3.33. The Bertz CT molecular complexity index is 415. The molecule has 1 saturated heterocycles. The lowest BCUT2D eigenvalue weighted by molar-refractivity contribution is -0.130. The zero-order chi connectivity index (χ0) is 18.7. The van der Waals surface area contributed by atoms with Crippen molar-refractivity contribution in [3.8, 4) is 0 Å². The average molecular weight is 481 g/mol. The monoisotopic (exact) mass is 481 g/mol. The van der Waals surface area contributed by atoms with Crippen molar-refractivity contribution in [2.45, 2.75) is 59.9 Å². The number of guanidine groups is 1. The topological polar surface area (TPSA) is 60.0 Å². The minimum absolute atomic E-state index is 0. The van der Waals surface area contributed by atoms with Gasteiger partial charge in [-0.15, -0.1) is 24.0 Å². The van der Waals surface area contributed by atoms with Crippen LogP contribution in [0.4, 0.5) is 0 Å². The summed E-state index contributed by atoms with van der Waals surface area (Å²) >= 11 is 0. The first-order chi connectivity index (χ1) is 12.0. The number of halogens is 1. The third-order valence-electron chi connectivity index (χ3n) is 4.92. The van der Waals surface area contributed by atoms with E-state index in [0.717, 1.165) is 38.1 Å². The first kappa shape index (κ1) is 25.4. The minimum Gasteiger partial charge on any atom is -0.357 e. The molecule has 0 bridgehead atoms. The van der Waals surface area contributed by atoms with Crippen molar-refractivity contribution in [2.24, 2.45) is 10.9 Å². The number of likely N-dealkylation sites (tertiary alicyclic amines) is 1. The van der Waals surface area contributed by atoms with Gasteiger partial charge in [0.1, 0.15) is 0 Å². The second-order valence-electron chi connectivity index (χ2n) is 7.05. The molecule has 154 valence electrons. The van der Waals surface area contributed by atoms with Gasteiger partial charge in [0, 0.05) is 45.2 Å². The maximum absolute atomic E-state index is 12.1. The zero-order valence-electron chi connectivity index (χ0n) is 17.4. The summed E-state index contributed by atoms with van der Waals surface area (Å²) in [5.74, 6) is 1.80. The molecule has 0 aromatic rings. The van der Waals surface area contributed by atoms with E-state index in [2.05, 4.69) is 36.3 Å². The molecule has 1 aliphatic rings. The highest BCUT2D eigenvalue weighted by Crippen LogP contribution is 2.17. The van der Waals surface area contributed by atoms with Gasteiger partial charge in [0.2, 0.25) is 5.91 Å². The molecule has 7 heteroatoms. The first-order valence-electron chi connectivity index (χ1n) is 10.1. The Morgan fingerprint density at radius 2 is 1.96 bits per heavy atom. The molecule has 1 fully saturated rings. The summed E-state index contributed by atoms with van der Waals surface area (Å²) in [5.41, 5.74) is 0. The Morgan fingerprint density at radius 1 is 1.27 bits per heavy atom. The summed E-state index contributed by atoms with van der Waals surface area (Å²) in [6.07, 6.45) is 3.14. The molecule has 0 aliphatic carbocycles. The van der Waals surface area contributed by atoms with E-state index in [9.17, 15) is 4.79 Å². The molecule has 0 saturated carbocycles. The predicted molar refractivity (Wildman–Crippen MR) is 121 cm³/mol. The van der Waals surface area contributed by atoms with Crippen molar-refractivity contribution in [3.05, 3.63) is 0 Å². The highest BCUT2D eigenvalue weighted by atomic mass is 127. The van der Waals surface area contributed by atoms with Gasteiger partial charge in [0.25, 0.3) is 0 Å². The fraction of sp³-hybridized carbons (Fsp3) is 0.895. The van der Waals surface area contributed by atoms with Crippen LogP contribution in [0.25, 0.3) is 0 Å². The van der Waals surface area contributed by atoms with Gasteiger partial charge in [0.05, 0.1) is 6.54 Å². The molecule has 0 spiro atoms. The number of hydrogen-bond donors (Lipinski definition) is 2.